The SMILES string of the molecule is CCC(C)CC(=O)c1cc(Br)ccc1Br. The molecule has 15 heavy (non-hydrogen) atoms. The summed E-state index contributed by atoms with van der Waals surface area (Å²) in [5.41, 5.74) is 0.768. The molecule has 0 aromatic heterocycles. The van der Waals surface area contributed by atoms with Crippen molar-refractivity contribution in [3.05, 3.63) is 32.7 Å². The Balaban J connectivity index is 2.86. The number of carbonyl (C=O) groups is 1. The molecule has 1 atom stereocenters. The lowest BCUT2D eigenvalue weighted by Gasteiger charge is -2.08. The van der Waals surface area contributed by atoms with E-state index in [1.165, 1.54) is 0 Å². The van der Waals surface area contributed by atoms with Crippen LogP contribution in [-0.2, 0) is 0 Å². The summed E-state index contributed by atoms with van der Waals surface area (Å²) < 4.78 is 1.82. The minimum absolute atomic E-state index is 0.206. The number of hydrogen-bond acceptors (Lipinski definition) is 1. The van der Waals surface area contributed by atoms with E-state index in [1.54, 1.807) is 0 Å². The second kappa shape index (κ2) is 5.80. The Kier molecular flexibility index (Phi) is 5.00. The Labute approximate surface area is 108 Å². The molecule has 0 amide bonds. The van der Waals surface area contributed by atoms with Crippen LogP contribution in [-0.4, -0.2) is 5.78 Å². The van der Waals surface area contributed by atoms with Gasteiger partial charge in [0.25, 0.3) is 0 Å². The largest absolute Gasteiger partial charge is 0.294 e. The molecule has 0 radical (unpaired) electrons. The molecular weight excluding hydrogens is 320 g/mol. The van der Waals surface area contributed by atoms with E-state index in [1.807, 2.05) is 18.2 Å². The highest BCUT2D eigenvalue weighted by molar-refractivity contribution is 9.11. The summed E-state index contributed by atoms with van der Waals surface area (Å²) in [7, 11) is 0. The van der Waals surface area contributed by atoms with Crippen LogP contribution in [0.15, 0.2) is 27.1 Å². The van der Waals surface area contributed by atoms with Crippen LogP contribution < -0.4 is 0 Å². The van der Waals surface area contributed by atoms with E-state index < -0.39 is 0 Å². The number of benzene rings is 1. The Hall–Kier alpha value is -0.150. The molecule has 0 bridgehead atoms. The van der Waals surface area contributed by atoms with Gasteiger partial charge in [-0.05, 0) is 24.1 Å². The molecule has 1 aromatic rings. The molecule has 0 heterocycles. The third-order valence-corrected chi connectivity index (χ3v) is 3.64. The average Bonchev–Trinajstić information content (AvgIpc) is 2.21. The van der Waals surface area contributed by atoms with E-state index in [0.717, 1.165) is 20.9 Å². The quantitative estimate of drug-likeness (QED) is 0.721. The number of hydrogen-bond donors (Lipinski definition) is 0. The molecule has 0 aliphatic carbocycles. The normalized spacial score (nSPS) is 12.5. The van der Waals surface area contributed by atoms with Crippen molar-refractivity contribution in [1.82, 2.24) is 0 Å². The number of halogens is 2. The van der Waals surface area contributed by atoms with Crippen molar-refractivity contribution in [2.24, 2.45) is 5.92 Å². The van der Waals surface area contributed by atoms with Gasteiger partial charge >= 0.3 is 0 Å². The van der Waals surface area contributed by atoms with Gasteiger partial charge in [0.2, 0.25) is 0 Å². The Morgan fingerprint density at radius 3 is 2.67 bits per heavy atom. The molecule has 0 spiro atoms. The molecule has 3 heteroatoms. The Morgan fingerprint density at radius 2 is 2.07 bits per heavy atom. The van der Waals surface area contributed by atoms with Crippen molar-refractivity contribution < 1.29 is 4.79 Å². The van der Waals surface area contributed by atoms with Gasteiger partial charge < -0.3 is 0 Å². The average molecular weight is 334 g/mol. The van der Waals surface area contributed by atoms with Gasteiger partial charge in [-0.25, -0.2) is 0 Å². The predicted octanol–water partition coefficient (Wildman–Crippen LogP) is 4.83. The summed E-state index contributed by atoms with van der Waals surface area (Å²) in [6.07, 6.45) is 1.66. The Morgan fingerprint density at radius 1 is 1.40 bits per heavy atom. The first-order valence-electron chi connectivity index (χ1n) is 5.02. The van der Waals surface area contributed by atoms with Gasteiger partial charge in [-0.3, -0.25) is 4.79 Å². The van der Waals surface area contributed by atoms with Gasteiger partial charge in [0.1, 0.15) is 0 Å². The second-order valence-electron chi connectivity index (χ2n) is 3.76. The summed E-state index contributed by atoms with van der Waals surface area (Å²) in [4.78, 5) is 11.9. The molecular formula is C12H14Br2O. The number of Topliss-reactive ketones (excluding diaryl/α,β-unsaturated/α-hetero) is 1. The highest BCUT2D eigenvalue weighted by atomic mass is 79.9. The van der Waals surface area contributed by atoms with Crippen LogP contribution in [0.4, 0.5) is 0 Å². The molecule has 1 unspecified atom stereocenters. The molecule has 0 aliphatic heterocycles. The number of carbonyl (C=O) groups excluding carboxylic acids is 1. The zero-order valence-electron chi connectivity index (χ0n) is 8.89. The summed E-state index contributed by atoms with van der Waals surface area (Å²) in [5, 5.41) is 0. The van der Waals surface area contributed by atoms with E-state index in [4.69, 9.17) is 0 Å². The van der Waals surface area contributed by atoms with Crippen molar-refractivity contribution in [3.63, 3.8) is 0 Å². The van der Waals surface area contributed by atoms with Crippen LogP contribution in [0.5, 0.6) is 0 Å². The van der Waals surface area contributed by atoms with Gasteiger partial charge in [-0.15, -0.1) is 0 Å². The van der Waals surface area contributed by atoms with Crippen LogP contribution in [0, 0.1) is 5.92 Å². The molecule has 0 saturated heterocycles. The maximum Gasteiger partial charge on any atom is 0.164 e. The van der Waals surface area contributed by atoms with Crippen LogP contribution >= 0.6 is 31.9 Å². The molecule has 0 saturated carbocycles. The first kappa shape index (κ1) is 12.9. The molecule has 0 fully saturated rings. The van der Waals surface area contributed by atoms with E-state index in [0.29, 0.717) is 12.3 Å². The minimum Gasteiger partial charge on any atom is -0.294 e. The van der Waals surface area contributed by atoms with Gasteiger partial charge in [0.15, 0.2) is 5.78 Å². The van der Waals surface area contributed by atoms with Gasteiger partial charge in [0, 0.05) is 20.9 Å². The van der Waals surface area contributed by atoms with Crippen LogP contribution in [0.1, 0.15) is 37.0 Å². The standard InChI is InChI=1S/C12H14Br2O/c1-3-8(2)6-12(15)10-7-9(13)4-5-11(10)14/h4-5,7-8H,3,6H2,1-2H3. The fourth-order valence-corrected chi connectivity index (χ4v) is 2.11. The molecule has 0 aliphatic rings. The Bertz CT molecular complexity index is 361. The van der Waals surface area contributed by atoms with Crippen molar-refractivity contribution in [2.75, 3.05) is 0 Å². The van der Waals surface area contributed by atoms with Crippen LogP contribution in [0.2, 0.25) is 0 Å². The topological polar surface area (TPSA) is 17.1 Å². The summed E-state index contributed by atoms with van der Waals surface area (Å²) in [6, 6.07) is 5.69. The molecule has 1 aromatic carbocycles. The van der Waals surface area contributed by atoms with Crippen LogP contribution in [0.3, 0.4) is 0 Å². The van der Waals surface area contributed by atoms with E-state index in [-0.39, 0.29) is 5.78 Å². The van der Waals surface area contributed by atoms with Crippen molar-refractivity contribution >= 4 is 37.6 Å². The summed E-state index contributed by atoms with van der Waals surface area (Å²) in [6.45, 7) is 4.21. The number of rotatable bonds is 4. The lowest BCUT2D eigenvalue weighted by Crippen LogP contribution is -2.06. The lowest BCUT2D eigenvalue weighted by molar-refractivity contribution is 0.0963. The molecule has 1 rings (SSSR count). The predicted molar refractivity (Wildman–Crippen MR) is 70.2 cm³/mol. The van der Waals surface area contributed by atoms with E-state index >= 15 is 0 Å². The number of ketones is 1. The molecule has 82 valence electrons. The van der Waals surface area contributed by atoms with E-state index in [9.17, 15) is 4.79 Å². The highest BCUT2D eigenvalue weighted by Crippen LogP contribution is 2.24. The third-order valence-electron chi connectivity index (χ3n) is 2.46. The van der Waals surface area contributed by atoms with Crippen LogP contribution in [0.25, 0.3) is 0 Å². The third kappa shape index (κ3) is 3.72. The highest BCUT2D eigenvalue weighted by Gasteiger charge is 2.13. The van der Waals surface area contributed by atoms with Crippen molar-refractivity contribution in [3.8, 4) is 0 Å². The zero-order chi connectivity index (χ0) is 11.4. The fourth-order valence-electron chi connectivity index (χ4n) is 1.28. The minimum atomic E-state index is 0.206. The van der Waals surface area contributed by atoms with E-state index in [2.05, 4.69) is 45.7 Å². The molecule has 1 nitrogen and oxygen atoms in total. The lowest BCUT2D eigenvalue weighted by atomic mass is 9.98. The van der Waals surface area contributed by atoms with Crippen molar-refractivity contribution in [1.29, 1.82) is 0 Å². The monoisotopic (exact) mass is 332 g/mol. The van der Waals surface area contributed by atoms with Crippen molar-refractivity contribution in [2.45, 2.75) is 26.7 Å². The van der Waals surface area contributed by atoms with Gasteiger partial charge in [0.05, 0.1) is 0 Å². The first-order valence-corrected chi connectivity index (χ1v) is 6.61. The summed E-state index contributed by atoms with van der Waals surface area (Å²) >= 11 is 6.78. The zero-order valence-corrected chi connectivity index (χ0v) is 12.1. The van der Waals surface area contributed by atoms with Gasteiger partial charge in [-0.2, -0.15) is 0 Å². The smallest absolute Gasteiger partial charge is 0.164 e. The van der Waals surface area contributed by atoms with Gasteiger partial charge in [-0.1, -0.05) is 52.1 Å². The molecule has 0 N–H and O–H groups in total. The first-order chi connectivity index (χ1) is 7.04. The fraction of sp³-hybridized carbons (Fsp3) is 0.417. The summed E-state index contributed by atoms with van der Waals surface area (Å²) in [5.74, 6) is 0.654. The maximum atomic E-state index is 11.9. The maximum absolute atomic E-state index is 11.9. The second-order valence-corrected chi connectivity index (χ2v) is 5.53.